The second-order valence-electron chi connectivity index (χ2n) is 11.0. The lowest BCUT2D eigenvalue weighted by Crippen LogP contribution is -2.52. The number of hydrogen-bond acceptors (Lipinski definition) is 6. The number of thioether (sulfide) groups is 1. The van der Waals surface area contributed by atoms with E-state index in [2.05, 4.69) is 18.8 Å². The number of aliphatic hydroxyl groups excluding tert-OH is 1. The predicted octanol–water partition coefficient (Wildman–Crippen LogP) is 6.02. The highest BCUT2D eigenvalue weighted by Crippen LogP contribution is 2.58. The van der Waals surface area contributed by atoms with E-state index in [1.807, 2.05) is 37.3 Å². The smallest absolute Gasteiger partial charge is 0.257 e. The van der Waals surface area contributed by atoms with Gasteiger partial charge in [-0.25, -0.2) is 4.98 Å². The largest absolute Gasteiger partial charge is 0.431 e. The molecule has 1 aromatic carbocycles. The molecule has 0 aliphatic heterocycles. The Balaban J connectivity index is 1.21. The third-order valence-electron chi connectivity index (χ3n) is 8.91. The number of carbonyl (C=O) groups excluding carboxylic acids is 2. The minimum absolute atomic E-state index is 0.0220. The van der Waals surface area contributed by atoms with Gasteiger partial charge in [0.15, 0.2) is 11.4 Å². The zero-order valence-electron chi connectivity index (χ0n) is 20.8. The summed E-state index contributed by atoms with van der Waals surface area (Å²) in [6.07, 6.45) is 9.73. The fourth-order valence-corrected chi connectivity index (χ4v) is 7.79. The molecule has 2 fully saturated rings. The van der Waals surface area contributed by atoms with Crippen LogP contribution in [-0.4, -0.2) is 33.5 Å². The van der Waals surface area contributed by atoms with Crippen molar-refractivity contribution in [2.75, 3.05) is 5.75 Å². The minimum Gasteiger partial charge on any atom is -0.431 e. The maximum Gasteiger partial charge on any atom is 0.257 e. The molecule has 2 aromatic rings. The van der Waals surface area contributed by atoms with Crippen LogP contribution in [0.2, 0.25) is 0 Å². The molecule has 3 aliphatic rings. The molecule has 186 valence electrons. The Hall–Kier alpha value is -2.18. The number of aliphatic hydroxyl groups is 1. The van der Waals surface area contributed by atoms with E-state index >= 15 is 0 Å². The summed E-state index contributed by atoms with van der Waals surface area (Å²) in [5.74, 6) is 2.08. The quantitative estimate of drug-likeness (QED) is 0.475. The zero-order chi connectivity index (χ0) is 24.7. The van der Waals surface area contributed by atoms with Crippen LogP contribution in [0.15, 0.2) is 57.7 Å². The Morgan fingerprint density at radius 3 is 2.94 bits per heavy atom. The number of aromatic nitrogens is 1. The summed E-state index contributed by atoms with van der Waals surface area (Å²) in [7, 11) is 0. The topological polar surface area (TPSA) is 80.4 Å². The molecule has 0 spiro atoms. The first-order valence-corrected chi connectivity index (χ1v) is 13.9. The molecule has 35 heavy (non-hydrogen) atoms. The van der Waals surface area contributed by atoms with Crippen molar-refractivity contribution in [1.29, 1.82) is 0 Å². The molecule has 6 heteroatoms. The van der Waals surface area contributed by atoms with Gasteiger partial charge in [-0.05, 0) is 74.1 Å². The lowest BCUT2D eigenvalue weighted by Gasteiger charge is -2.56. The number of para-hydroxylation sites is 2. The van der Waals surface area contributed by atoms with Crippen molar-refractivity contribution in [2.45, 2.75) is 64.2 Å². The lowest BCUT2D eigenvalue weighted by molar-refractivity contribution is -0.120. The Labute approximate surface area is 211 Å². The molecular formula is C29H35NO4S. The van der Waals surface area contributed by atoms with E-state index in [1.165, 1.54) is 17.3 Å². The SMILES string of the molecule is CC(CCC1C(C)C[C@H](O)C2C1CCC1=CC(=O)C=CC12C)C(=O)CSc1nc2ccccc2o1. The van der Waals surface area contributed by atoms with Crippen LogP contribution in [0.4, 0.5) is 0 Å². The molecule has 0 amide bonds. The van der Waals surface area contributed by atoms with Gasteiger partial charge in [-0.3, -0.25) is 9.59 Å². The highest BCUT2D eigenvalue weighted by Gasteiger charge is 2.53. The van der Waals surface area contributed by atoms with E-state index < -0.39 is 0 Å². The van der Waals surface area contributed by atoms with Crippen molar-refractivity contribution in [1.82, 2.24) is 4.98 Å². The Kier molecular flexibility index (Phi) is 6.79. The molecule has 0 bridgehead atoms. The molecule has 2 saturated carbocycles. The molecule has 3 aliphatic carbocycles. The van der Waals surface area contributed by atoms with Crippen LogP contribution < -0.4 is 0 Å². The maximum atomic E-state index is 12.9. The fraction of sp³-hybridized carbons (Fsp3) is 0.552. The molecule has 0 radical (unpaired) electrons. The van der Waals surface area contributed by atoms with Gasteiger partial charge in [0.25, 0.3) is 5.22 Å². The number of allylic oxidation sites excluding steroid dienone is 4. The van der Waals surface area contributed by atoms with Crippen LogP contribution in [-0.2, 0) is 9.59 Å². The van der Waals surface area contributed by atoms with Crippen molar-refractivity contribution in [3.8, 4) is 0 Å². The van der Waals surface area contributed by atoms with Gasteiger partial charge in [0, 0.05) is 17.3 Å². The first-order chi connectivity index (χ1) is 16.8. The Bertz CT molecular complexity index is 1150. The zero-order valence-corrected chi connectivity index (χ0v) is 21.6. The Morgan fingerprint density at radius 2 is 2.14 bits per heavy atom. The van der Waals surface area contributed by atoms with Gasteiger partial charge in [0.05, 0.1) is 11.9 Å². The second kappa shape index (κ2) is 9.70. The molecule has 5 nitrogen and oxygen atoms in total. The standard InChI is InChI=1S/C29H35NO4S/c1-17(25(33)16-35-28-30-23-6-4-5-7-26(23)34-28)8-10-21-18(2)14-24(32)27-22(21)11-9-19-15-20(31)12-13-29(19,27)3/h4-7,12-13,15,17-18,21-22,24,27,32H,8-11,14,16H2,1-3H3/t17?,18?,21?,22?,24-,27?,29?/m0/s1. The summed E-state index contributed by atoms with van der Waals surface area (Å²) in [4.78, 5) is 29.4. The Morgan fingerprint density at radius 1 is 1.34 bits per heavy atom. The van der Waals surface area contributed by atoms with E-state index in [0.29, 0.717) is 28.7 Å². The van der Waals surface area contributed by atoms with Crippen LogP contribution in [0.5, 0.6) is 0 Å². The molecular weight excluding hydrogens is 458 g/mol. The first kappa shape index (κ1) is 24.5. The second-order valence-corrected chi connectivity index (χ2v) is 12.0. The summed E-state index contributed by atoms with van der Waals surface area (Å²) < 4.78 is 5.74. The van der Waals surface area contributed by atoms with Crippen molar-refractivity contribution >= 4 is 34.4 Å². The van der Waals surface area contributed by atoms with E-state index in [0.717, 1.165) is 43.2 Å². The van der Waals surface area contributed by atoms with Gasteiger partial charge in [0.1, 0.15) is 11.3 Å². The summed E-state index contributed by atoms with van der Waals surface area (Å²) in [5.41, 5.74) is 2.50. The highest BCUT2D eigenvalue weighted by molar-refractivity contribution is 7.99. The number of oxazole rings is 1. The minimum atomic E-state index is -0.357. The molecule has 1 heterocycles. The number of carbonyl (C=O) groups is 2. The number of nitrogens with zero attached hydrogens (tertiary/aromatic N) is 1. The van der Waals surface area contributed by atoms with Crippen molar-refractivity contribution < 1.29 is 19.1 Å². The van der Waals surface area contributed by atoms with E-state index in [1.54, 1.807) is 12.2 Å². The fourth-order valence-electron chi connectivity index (χ4n) is 6.93. The van der Waals surface area contributed by atoms with Crippen molar-refractivity contribution in [3.05, 3.63) is 48.1 Å². The van der Waals surface area contributed by atoms with Crippen LogP contribution in [0.1, 0.15) is 52.9 Å². The third kappa shape index (κ3) is 4.67. The van der Waals surface area contributed by atoms with Gasteiger partial charge in [-0.15, -0.1) is 0 Å². The molecule has 5 rings (SSSR count). The van der Waals surface area contributed by atoms with Crippen LogP contribution in [0.3, 0.4) is 0 Å². The van der Waals surface area contributed by atoms with E-state index in [-0.39, 0.29) is 34.9 Å². The maximum absolute atomic E-state index is 12.9. The normalized spacial score (nSPS) is 33.2. The lowest BCUT2D eigenvalue weighted by atomic mass is 9.49. The van der Waals surface area contributed by atoms with Crippen molar-refractivity contribution in [3.63, 3.8) is 0 Å². The molecule has 1 N–H and O–H groups in total. The van der Waals surface area contributed by atoms with E-state index in [9.17, 15) is 14.7 Å². The van der Waals surface area contributed by atoms with Gasteiger partial charge >= 0.3 is 0 Å². The summed E-state index contributed by atoms with van der Waals surface area (Å²) in [5, 5.41) is 11.7. The van der Waals surface area contributed by atoms with Crippen LogP contribution >= 0.6 is 11.8 Å². The number of fused-ring (bicyclic) bond motifs is 4. The highest BCUT2D eigenvalue weighted by atomic mass is 32.2. The number of Topliss-reactive ketones (excluding diaryl/α,β-unsaturated/α-hetero) is 1. The summed E-state index contributed by atoms with van der Waals surface area (Å²) in [6.45, 7) is 6.49. The van der Waals surface area contributed by atoms with Gasteiger partial charge < -0.3 is 9.52 Å². The average molecular weight is 494 g/mol. The van der Waals surface area contributed by atoms with E-state index in [4.69, 9.17) is 4.42 Å². The number of ketones is 2. The molecule has 0 saturated heterocycles. The molecule has 7 atom stereocenters. The molecule has 6 unspecified atom stereocenters. The van der Waals surface area contributed by atoms with Crippen LogP contribution in [0.25, 0.3) is 11.1 Å². The summed E-state index contributed by atoms with van der Waals surface area (Å²) >= 11 is 1.37. The monoisotopic (exact) mass is 493 g/mol. The third-order valence-corrected chi connectivity index (χ3v) is 9.76. The van der Waals surface area contributed by atoms with Gasteiger partial charge in [-0.1, -0.05) is 56.3 Å². The number of rotatable bonds is 7. The predicted molar refractivity (Wildman–Crippen MR) is 138 cm³/mol. The van der Waals surface area contributed by atoms with Crippen LogP contribution in [0, 0.1) is 35.0 Å². The first-order valence-electron chi connectivity index (χ1n) is 12.9. The number of benzene rings is 1. The number of hydrogen-bond donors (Lipinski definition) is 1. The molecule has 1 aromatic heterocycles. The summed E-state index contributed by atoms with van der Waals surface area (Å²) in [6, 6.07) is 7.64. The average Bonchev–Trinajstić information content (AvgIpc) is 3.25. The van der Waals surface area contributed by atoms with Gasteiger partial charge in [-0.2, -0.15) is 0 Å². The van der Waals surface area contributed by atoms with Crippen molar-refractivity contribution in [2.24, 2.45) is 35.0 Å². The van der Waals surface area contributed by atoms with Gasteiger partial charge in [0.2, 0.25) is 0 Å².